The largest absolute Gasteiger partial charge is 0.444 e. The third kappa shape index (κ3) is 4.59. The molecule has 0 bridgehead atoms. The Morgan fingerprint density at radius 1 is 1.29 bits per heavy atom. The first-order valence-corrected chi connectivity index (χ1v) is 7.55. The van der Waals surface area contributed by atoms with Crippen molar-refractivity contribution in [2.45, 2.75) is 38.6 Å². The summed E-state index contributed by atoms with van der Waals surface area (Å²) in [5.74, 6) is -1.31. The molecule has 0 radical (unpaired) electrons. The molecule has 1 aliphatic rings. The second-order valence-corrected chi connectivity index (χ2v) is 6.67. The average Bonchev–Trinajstić information content (AvgIpc) is 2.45. The fourth-order valence-electron chi connectivity index (χ4n) is 2.44. The molecule has 1 unspecified atom stereocenters. The monoisotopic (exact) mass is 348 g/mol. The van der Waals surface area contributed by atoms with E-state index in [4.69, 9.17) is 4.74 Å². The second kappa shape index (κ2) is 6.58. The van der Waals surface area contributed by atoms with Crippen LogP contribution in [0.15, 0.2) is 18.2 Å². The second-order valence-electron chi connectivity index (χ2n) is 6.67. The van der Waals surface area contributed by atoms with Crippen LogP contribution in [0.2, 0.25) is 0 Å². The molecule has 1 fully saturated rings. The number of hydrogen-bond donors (Lipinski definition) is 1. The summed E-state index contributed by atoms with van der Waals surface area (Å²) in [6.07, 6.45) is -5.29. The van der Waals surface area contributed by atoms with Crippen molar-refractivity contribution in [3.05, 3.63) is 35.1 Å². The molecule has 4 nitrogen and oxygen atoms in total. The lowest BCUT2D eigenvalue weighted by Crippen LogP contribution is -2.49. The fraction of sp³-hybridized carbons (Fsp3) is 0.562. The summed E-state index contributed by atoms with van der Waals surface area (Å²) in [5.41, 5.74) is -1.69. The van der Waals surface area contributed by atoms with Crippen LogP contribution in [0, 0.1) is 5.82 Å². The standard InChI is InChI=1S/C16H20F4N2O2/c1-15(2,3)24-14(23)22-7-6-21-13(9-22)10-4-5-12(17)11(8-10)16(18,19)20/h4-5,8,13,21H,6-7,9H2,1-3H3. The van der Waals surface area contributed by atoms with Crippen LogP contribution in [0.3, 0.4) is 0 Å². The molecule has 1 N–H and O–H groups in total. The van der Waals surface area contributed by atoms with Crippen molar-refractivity contribution in [2.24, 2.45) is 0 Å². The number of hydrogen-bond acceptors (Lipinski definition) is 3. The van der Waals surface area contributed by atoms with Crippen molar-refractivity contribution in [2.75, 3.05) is 19.6 Å². The zero-order valence-electron chi connectivity index (χ0n) is 13.7. The third-order valence-electron chi connectivity index (χ3n) is 3.53. The number of piperazine rings is 1. The van der Waals surface area contributed by atoms with Gasteiger partial charge in [0.1, 0.15) is 11.4 Å². The van der Waals surface area contributed by atoms with E-state index in [1.807, 2.05) is 0 Å². The Kier molecular flexibility index (Phi) is 5.08. The van der Waals surface area contributed by atoms with Crippen molar-refractivity contribution in [3.63, 3.8) is 0 Å². The minimum atomic E-state index is -4.76. The summed E-state index contributed by atoms with van der Waals surface area (Å²) in [5, 5.41) is 3.04. The minimum Gasteiger partial charge on any atom is -0.444 e. The summed E-state index contributed by atoms with van der Waals surface area (Å²) in [6.45, 7) is 6.15. The molecule has 0 spiro atoms. The highest BCUT2D eigenvalue weighted by atomic mass is 19.4. The van der Waals surface area contributed by atoms with Gasteiger partial charge in [-0.3, -0.25) is 0 Å². The van der Waals surface area contributed by atoms with Crippen molar-refractivity contribution >= 4 is 6.09 Å². The van der Waals surface area contributed by atoms with Gasteiger partial charge in [-0.2, -0.15) is 13.2 Å². The molecule has 0 saturated carbocycles. The van der Waals surface area contributed by atoms with E-state index in [0.29, 0.717) is 13.1 Å². The topological polar surface area (TPSA) is 41.6 Å². The molecule has 0 aromatic heterocycles. The van der Waals surface area contributed by atoms with Gasteiger partial charge >= 0.3 is 12.3 Å². The van der Waals surface area contributed by atoms with Gasteiger partial charge in [-0.25, -0.2) is 9.18 Å². The van der Waals surface area contributed by atoms with Gasteiger partial charge in [-0.1, -0.05) is 6.07 Å². The smallest absolute Gasteiger partial charge is 0.419 e. The lowest BCUT2D eigenvalue weighted by molar-refractivity contribution is -0.140. The molecule has 1 aromatic rings. The van der Waals surface area contributed by atoms with Gasteiger partial charge in [0.05, 0.1) is 11.6 Å². The number of ether oxygens (including phenoxy) is 1. The van der Waals surface area contributed by atoms with Gasteiger partial charge < -0.3 is 15.0 Å². The number of nitrogens with one attached hydrogen (secondary N) is 1. The van der Waals surface area contributed by atoms with Gasteiger partial charge in [-0.15, -0.1) is 0 Å². The third-order valence-corrected chi connectivity index (χ3v) is 3.53. The zero-order chi connectivity index (χ0) is 18.1. The first-order chi connectivity index (χ1) is 11.0. The zero-order valence-corrected chi connectivity index (χ0v) is 13.7. The van der Waals surface area contributed by atoms with Crippen molar-refractivity contribution < 1.29 is 27.1 Å². The molecule has 2 rings (SSSR count). The molecule has 8 heteroatoms. The predicted molar refractivity (Wildman–Crippen MR) is 80.0 cm³/mol. The van der Waals surface area contributed by atoms with Crippen LogP contribution in [-0.4, -0.2) is 36.2 Å². The number of rotatable bonds is 1. The maximum atomic E-state index is 13.4. The molecular weight excluding hydrogens is 328 g/mol. The molecule has 1 aliphatic heterocycles. The maximum absolute atomic E-state index is 13.4. The fourth-order valence-corrected chi connectivity index (χ4v) is 2.44. The Hall–Kier alpha value is -1.83. The predicted octanol–water partition coefficient (Wildman–Crippen LogP) is 3.73. The SMILES string of the molecule is CC(C)(C)OC(=O)N1CCNC(c2ccc(F)c(C(F)(F)F)c2)C1. The van der Waals surface area contributed by atoms with E-state index in [-0.39, 0.29) is 12.1 Å². The molecule has 0 aliphatic carbocycles. The molecule has 1 atom stereocenters. The minimum absolute atomic E-state index is 0.151. The number of benzene rings is 1. The Labute approximate surface area is 137 Å². The van der Waals surface area contributed by atoms with Gasteiger partial charge in [0.15, 0.2) is 0 Å². The lowest BCUT2D eigenvalue weighted by Gasteiger charge is -2.35. The Bertz CT molecular complexity index is 611. The maximum Gasteiger partial charge on any atom is 0.419 e. The summed E-state index contributed by atoms with van der Waals surface area (Å²) in [4.78, 5) is 13.5. The summed E-state index contributed by atoms with van der Waals surface area (Å²) in [6, 6.07) is 2.35. The van der Waals surface area contributed by atoms with Gasteiger partial charge in [0, 0.05) is 19.6 Å². The lowest BCUT2D eigenvalue weighted by atomic mass is 10.0. The van der Waals surface area contributed by atoms with Gasteiger partial charge in [-0.05, 0) is 38.5 Å². The van der Waals surface area contributed by atoms with Crippen LogP contribution in [0.25, 0.3) is 0 Å². The number of amides is 1. The molecule has 1 saturated heterocycles. The van der Waals surface area contributed by atoms with Crippen LogP contribution >= 0.6 is 0 Å². The van der Waals surface area contributed by atoms with Gasteiger partial charge in [0.25, 0.3) is 0 Å². The van der Waals surface area contributed by atoms with E-state index >= 15 is 0 Å². The Balaban J connectivity index is 2.17. The number of nitrogens with zero attached hydrogens (tertiary/aromatic N) is 1. The molecule has 134 valence electrons. The van der Waals surface area contributed by atoms with Crippen LogP contribution < -0.4 is 5.32 Å². The van der Waals surface area contributed by atoms with Crippen molar-refractivity contribution in [3.8, 4) is 0 Å². The molecule has 1 heterocycles. The summed E-state index contributed by atoms with van der Waals surface area (Å²) < 4.78 is 57.2. The summed E-state index contributed by atoms with van der Waals surface area (Å²) in [7, 11) is 0. The molecule has 1 aromatic carbocycles. The van der Waals surface area contributed by atoms with Crippen LogP contribution in [0.5, 0.6) is 0 Å². The first-order valence-electron chi connectivity index (χ1n) is 7.55. The van der Waals surface area contributed by atoms with E-state index in [0.717, 1.165) is 12.1 Å². The molecule has 1 amide bonds. The number of alkyl halides is 3. The first kappa shape index (κ1) is 18.5. The van der Waals surface area contributed by atoms with E-state index in [1.54, 1.807) is 20.8 Å². The van der Waals surface area contributed by atoms with E-state index < -0.39 is 35.3 Å². The van der Waals surface area contributed by atoms with Crippen LogP contribution in [-0.2, 0) is 10.9 Å². The highest BCUT2D eigenvalue weighted by molar-refractivity contribution is 5.68. The quantitative estimate of drug-likeness (QED) is 0.787. The Morgan fingerprint density at radius 3 is 2.54 bits per heavy atom. The van der Waals surface area contributed by atoms with E-state index in [9.17, 15) is 22.4 Å². The van der Waals surface area contributed by atoms with E-state index in [1.165, 1.54) is 11.0 Å². The number of carbonyl (C=O) groups is 1. The Morgan fingerprint density at radius 2 is 1.96 bits per heavy atom. The van der Waals surface area contributed by atoms with E-state index in [2.05, 4.69) is 5.32 Å². The van der Waals surface area contributed by atoms with Crippen molar-refractivity contribution in [1.29, 1.82) is 0 Å². The molecule has 24 heavy (non-hydrogen) atoms. The average molecular weight is 348 g/mol. The normalized spacial score (nSPS) is 19.3. The van der Waals surface area contributed by atoms with Crippen LogP contribution in [0.4, 0.5) is 22.4 Å². The van der Waals surface area contributed by atoms with Crippen LogP contribution in [0.1, 0.15) is 37.9 Å². The van der Waals surface area contributed by atoms with Gasteiger partial charge in [0.2, 0.25) is 0 Å². The van der Waals surface area contributed by atoms with Crippen molar-refractivity contribution in [1.82, 2.24) is 10.2 Å². The molecular formula is C16H20F4N2O2. The highest BCUT2D eigenvalue weighted by Gasteiger charge is 2.35. The highest BCUT2D eigenvalue weighted by Crippen LogP contribution is 2.33. The summed E-state index contributed by atoms with van der Waals surface area (Å²) >= 11 is 0. The number of carbonyl (C=O) groups excluding carboxylic acids is 1. The number of halogens is 4.